The van der Waals surface area contributed by atoms with Gasteiger partial charge in [-0.05, 0) is 72.8 Å². The molecule has 0 spiro atoms. The van der Waals surface area contributed by atoms with Crippen molar-refractivity contribution in [1.82, 2.24) is 15.0 Å². The van der Waals surface area contributed by atoms with Crippen LogP contribution in [-0.4, -0.2) is 51.2 Å². The zero-order chi connectivity index (χ0) is 35.0. The Morgan fingerprint density at radius 3 is 0.902 bits per heavy atom. The van der Waals surface area contributed by atoms with Crippen molar-refractivity contribution in [3.05, 3.63) is 163 Å². The lowest BCUT2D eigenvalue weighted by atomic mass is 9.91. The Bertz CT molecular complexity index is 1840. The van der Waals surface area contributed by atoms with Gasteiger partial charge < -0.3 is 14.2 Å². The van der Waals surface area contributed by atoms with E-state index in [1.54, 1.807) is 55.0 Å². The van der Waals surface area contributed by atoms with Crippen LogP contribution >= 0.6 is 0 Å². The highest BCUT2D eigenvalue weighted by Gasteiger charge is 2.36. The van der Waals surface area contributed by atoms with Crippen molar-refractivity contribution in [2.24, 2.45) is 0 Å². The summed E-state index contributed by atoms with van der Waals surface area (Å²) in [6, 6.07) is 37.9. The van der Waals surface area contributed by atoms with Crippen LogP contribution in [0.4, 0.5) is 0 Å². The Labute approximate surface area is 294 Å². The highest BCUT2D eigenvalue weighted by atomic mass is 16.6. The maximum absolute atomic E-state index is 13.3. The first-order chi connectivity index (χ1) is 25.0. The van der Waals surface area contributed by atoms with E-state index in [0.717, 1.165) is 33.8 Å². The van der Waals surface area contributed by atoms with Gasteiger partial charge in [0.2, 0.25) is 0 Å². The van der Waals surface area contributed by atoms with Gasteiger partial charge in [-0.1, -0.05) is 54.6 Å². The fraction of sp³-hybridized carbons (Fsp3) is 0.143. The second-order valence-electron chi connectivity index (χ2n) is 12.2. The average Bonchev–Trinajstić information content (AvgIpc) is 3.19. The van der Waals surface area contributed by atoms with E-state index >= 15 is 0 Å². The molecule has 0 N–H and O–H groups in total. The number of carbonyl (C=O) groups excluding carboxylic acids is 3. The molecular formula is C42H33N3O6. The van der Waals surface area contributed by atoms with Crippen LogP contribution < -0.4 is 0 Å². The van der Waals surface area contributed by atoms with Gasteiger partial charge in [0, 0.05) is 54.5 Å². The third-order valence-electron chi connectivity index (χ3n) is 8.64. The topological polar surface area (TPSA) is 118 Å². The van der Waals surface area contributed by atoms with Crippen molar-refractivity contribution in [2.45, 2.75) is 37.6 Å². The number of benzene rings is 3. The standard InChI is InChI=1S/C42H33N3O6/c46-40(31-16-10-28(11-17-31)37-7-1-4-22-43-37)49-34-25-35(50-41(47)32-18-12-29(13-19-32)38-8-2-5-23-44-38)27-36(26-34)51-42(48)33-20-14-30(15-21-33)39-9-3-6-24-45-39/h1-24,34-36H,25-27H2. The van der Waals surface area contributed by atoms with Gasteiger partial charge >= 0.3 is 17.9 Å². The normalized spacial score (nSPS) is 16.8. The Kier molecular flexibility index (Phi) is 9.96. The van der Waals surface area contributed by atoms with Gasteiger partial charge in [0.05, 0.1) is 33.8 Å². The molecule has 0 amide bonds. The number of hydrogen-bond donors (Lipinski definition) is 0. The third-order valence-corrected chi connectivity index (χ3v) is 8.64. The fourth-order valence-corrected chi connectivity index (χ4v) is 6.05. The lowest BCUT2D eigenvalue weighted by molar-refractivity contribution is -0.0587. The van der Waals surface area contributed by atoms with Crippen molar-refractivity contribution in [3.63, 3.8) is 0 Å². The molecule has 3 heterocycles. The summed E-state index contributed by atoms with van der Waals surface area (Å²) < 4.78 is 17.8. The summed E-state index contributed by atoms with van der Waals surface area (Å²) in [5, 5.41) is 0. The first-order valence-electron chi connectivity index (χ1n) is 16.7. The van der Waals surface area contributed by atoms with Crippen molar-refractivity contribution >= 4 is 17.9 Å². The second-order valence-corrected chi connectivity index (χ2v) is 12.2. The van der Waals surface area contributed by atoms with E-state index in [2.05, 4.69) is 15.0 Å². The molecule has 0 atom stereocenters. The molecule has 0 saturated heterocycles. The van der Waals surface area contributed by atoms with Crippen molar-refractivity contribution in [1.29, 1.82) is 0 Å². The summed E-state index contributed by atoms with van der Waals surface area (Å²) in [6.45, 7) is 0. The molecule has 0 unspecified atom stereocenters. The number of aromatic nitrogens is 3. The molecule has 1 fully saturated rings. The molecule has 51 heavy (non-hydrogen) atoms. The first-order valence-corrected chi connectivity index (χ1v) is 16.7. The molecule has 252 valence electrons. The van der Waals surface area contributed by atoms with Crippen LogP contribution in [0.3, 0.4) is 0 Å². The van der Waals surface area contributed by atoms with Gasteiger partial charge in [0.25, 0.3) is 0 Å². The maximum Gasteiger partial charge on any atom is 0.338 e. The Morgan fingerprint density at radius 2 is 0.667 bits per heavy atom. The van der Waals surface area contributed by atoms with Crippen molar-refractivity contribution < 1.29 is 28.6 Å². The minimum absolute atomic E-state index is 0.252. The number of rotatable bonds is 9. The number of carbonyl (C=O) groups is 3. The van der Waals surface area contributed by atoms with E-state index in [0.29, 0.717) is 16.7 Å². The van der Waals surface area contributed by atoms with Crippen LogP contribution in [-0.2, 0) is 14.2 Å². The molecule has 0 aliphatic heterocycles. The quantitative estimate of drug-likeness (QED) is 0.111. The van der Waals surface area contributed by atoms with Crippen molar-refractivity contribution in [2.75, 3.05) is 0 Å². The summed E-state index contributed by atoms with van der Waals surface area (Å²) >= 11 is 0. The number of ether oxygens (including phenoxy) is 3. The molecule has 1 aliphatic carbocycles. The van der Waals surface area contributed by atoms with Gasteiger partial charge in [-0.25, -0.2) is 14.4 Å². The van der Waals surface area contributed by atoms with Gasteiger partial charge in [-0.3, -0.25) is 15.0 Å². The number of esters is 3. The minimum atomic E-state index is -0.671. The number of nitrogens with zero attached hydrogens (tertiary/aromatic N) is 3. The fourth-order valence-electron chi connectivity index (χ4n) is 6.05. The molecule has 6 aromatic rings. The molecule has 0 radical (unpaired) electrons. The Hall–Kier alpha value is -6.48. The van der Waals surface area contributed by atoms with Crippen LogP contribution in [0.25, 0.3) is 33.8 Å². The molecule has 3 aromatic heterocycles. The van der Waals surface area contributed by atoms with Gasteiger partial charge in [-0.2, -0.15) is 0 Å². The van der Waals surface area contributed by atoms with E-state index in [1.807, 2.05) is 91.0 Å². The second kappa shape index (κ2) is 15.4. The zero-order valence-corrected chi connectivity index (χ0v) is 27.5. The summed E-state index contributed by atoms with van der Waals surface area (Å²) in [7, 11) is 0. The van der Waals surface area contributed by atoms with Gasteiger partial charge in [0.1, 0.15) is 18.3 Å². The summed E-state index contributed by atoms with van der Waals surface area (Å²) in [4.78, 5) is 53.0. The van der Waals surface area contributed by atoms with E-state index in [9.17, 15) is 14.4 Å². The average molecular weight is 676 g/mol. The van der Waals surface area contributed by atoms with Gasteiger partial charge in [0.15, 0.2) is 0 Å². The molecule has 9 nitrogen and oxygen atoms in total. The van der Waals surface area contributed by atoms with Crippen LogP contribution in [0.2, 0.25) is 0 Å². The third kappa shape index (κ3) is 8.22. The van der Waals surface area contributed by atoms with Crippen LogP contribution in [0, 0.1) is 0 Å². The number of pyridine rings is 3. The highest BCUT2D eigenvalue weighted by molar-refractivity contribution is 5.91. The lowest BCUT2D eigenvalue weighted by Crippen LogP contribution is -2.40. The minimum Gasteiger partial charge on any atom is -0.458 e. The molecule has 3 aromatic carbocycles. The van der Waals surface area contributed by atoms with Gasteiger partial charge in [-0.15, -0.1) is 0 Å². The van der Waals surface area contributed by atoms with Crippen LogP contribution in [0.5, 0.6) is 0 Å². The van der Waals surface area contributed by atoms with Crippen LogP contribution in [0.15, 0.2) is 146 Å². The van der Waals surface area contributed by atoms with E-state index < -0.39 is 36.2 Å². The van der Waals surface area contributed by atoms with E-state index in [-0.39, 0.29) is 19.3 Å². The van der Waals surface area contributed by atoms with Crippen LogP contribution in [0.1, 0.15) is 50.3 Å². The molecular weight excluding hydrogens is 642 g/mol. The molecule has 9 heteroatoms. The monoisotopic (exact) mass is 675 g/mol. The zero-order valence-electron chi connectivity index (χ0n) is 27.5. The predicted octanol–water partition coefficient (Wildman–Crippen LogP) is 8.03. The Morgan fingerprint density at radius 1 is 0.392 bits per heavy atom. The lowest BCUT2D eigenvalue weighted by Gasteiger charge is -2.33. The molecule has 0 bridgehead atoms. The summed E-state index contributed by atoms with van der Waals surface area (Å²) in [6.07, 6.45) is 3.87. The largest absolute Gasteiger partial charge is 0.458 e. The van der Waals surface area contributed by atoms with Crippen molar-refractivity contribution in [3.8, 4) is 33.8 Å². The first kappa shape index (κ1) is 33.0. The molecule has 1 aliphatic rings. The van der Waals surface area contributed by atoms with E-state index in [4.69, 9.17) is 14.2 Å². The molecule has 1 saturated carbocycles. The highest BCUT2D eigenvalue weighted by Crippen LogP contribution is 2.30. The molecule has 7 rings (SSSR count). The Balaban J connectivity index is 1.05. The predicted molar refractivity (Wildman–Crippen MR) is 190 cm³/mol. The smallest absolute Gasteiger partial charge is 0.338 e. The maximum atomic E-state index is 13.3. The van der Waals surface area contributed by atoms with E-state index in [1.165, 1.54) is 0 Å². The number of hydrogen-bond acceptors (Lipinski definition) is 9. The summed E-state index contributed by atoms with van der Waals surface area (Å²) in [5.74, 6) is -1.58. The SMILES string of the molecule is O=C(OC1CC(OC(=O)c2ccc(-c3ccccn3)cc2)CC(OC(=O)c2ccc(-c3ccccn3)cc2)C1)c1ccc(-c2ccccn2)cc1. The summed E-state index contributed by atoms with van der Waals surface area (Å²) in [5.41, 5.74) is 6.06.